The van der Waals surface area contributed by atoms with Gasteiger partial charge in [-0.25, -0.2) is 15.0 Å². The molecule has 12 heteroatoms. The molecular weight excluding hydrogens is 464 g/mol. The quantitative estimate of drug-likeness (QED) is 0.566. The highest BCUT2D eigenvalue weighted by Crippen LogP contribution is 2.42. The Balaban J connectivity index is 1.51. The fraction of sp³-hybridized carbons (Fsp3) is 0.583. The Morgan fingerprint density at radius 1 is 1.11 bits per heavy atom. The average Bonchev–Trinajstić information content (AvgIpc) is 3.48. The maximum atomic E-state index is 13.0. The van der Waals surface area contributed by atoms with Gasteiger partial charge in [0.05, 0.1) is 24.4 Å². The summed E-state index contributed by atoms with van der Waals surface area (Å²) in [4.78, 5) is 49.0. The summed E-state index contributed by atoms with van der Waals surface area (Å²) in [5, 5.41) is 9.55. The van der Waals surface area contributed by atoms with E-state index >= 15 is 0 Å². The van der Waals surface area contributed by atoms with E-state index in [9.17, 15) is 14.7 Å². The van der Waals surface area contributed by atoms with Crippen molar-refractivity contribution in [3.05, 3.63) is 18.0 Å². The highest BCUT2D eigenvalue weighted by Gasteiger charge is 2.48. The van der Waals surface area contributed by atoms with Gasteiger partial charge in [0.1, 0.15) is 11.2 Å². The Bertz CT molecular complexity index is 1180. The van der Waals surface area contributed by atoms with Gasteiger partial charge in [0.2, 0.25) is 17.8 Å². The second kappa shape index (κ2) is 8.84. The van der Waals surface area contributed by atoms with E-state index in [1.165, 1.54) is 13.8 Å². The highest BCUT2D eigenvalue weighted by atomic mass is 16.5. The first-order chi connectivity index (χ1) is 17.1. The number of amides is 1. The molecule has 3 aliphatic rings. The lowest BCUT2D eigenvalue weighted by Gasteiger charge is -2.38. The smallest absolute Gasteiger partial charge is 0.318 e. The number of nitrogens with two attached hydrogens (primary N) is 1. The molecule has 5 rings (SSSR count). The van der Waals surface area contributed by atoms with Crippen LogP contribution in [-0.4, -0.2) is 93.3 Å². The third kappa shape index (κ3) is 4.08. The first-order valence-electron chi connectivity index (χ1n) is 12.2. The van der Waals surface area contributed by atoms with Gasteiger partial charge >= 0.3 is 5.97 Å². The molecule has 2 fully saturated rings. The minimum Gasteiger partial charge on any atom is -0.480 e. The zero-order valence-corrected chi connectivity index (χ0v) is 20.9. The van der Waals surface area contributed by atoms with Crippen molar-refractivity contribution >= 4 is 29.6 Å². The maximum Gasteiger partial charge on any atom is 0.318 e. The van der Waals surface area contributed by atoms with Gasteiger partial charge in [0.15, 0.2) is 0 Å². The van der Waals surface area contributed by atoms with Crippen LogP contribution in [0.1, 0.15) is 32.8 Å². The number of carboxylic acid groups (broad SMARTS) is 1. The van der Waals surface area contributed by atoms with E-state index in [0.717, 1.165) is 35.6 Å². The fourth-order valence-electron chi connectivity index (χ4n) is 5.20. The van der Waals surface area contributed by atoms with E-state index < -0.39 is 11.4 Å². The molecule has 5 heterocycles. The summed E-state index contributed by atoms with van der Waals surface area (Å²) in [5.41, 5.74) is 6.43. The lowest BCUT2D eigenvalue weighted by Crippen LogP contribution is -2.51. The van der Waals surface area contributed by atoms with Gasteiger partial charge in [-0.05, 0) is 33.6 Å². The number of hydrogen-bond donors (Lipinski definition) is 2. The molecule has 2 aromatic heterocycles. The third-order valence-electron chi connectivity index (χ3n) is 7.51. The highest BCUT2D eigenvalue weighted by molar-refractivity contribution is 6.01. The third-order valence-corrected chi connectivity index (χ3v) is 7.51. The number of anilines is 3. The minimum absolute atomic E-state index is 0.201. The molecule has 0 spiro atoms. The molecule has 0 bridgehead atoms. The Kier molecular flexibility index (Phi) is 5.93. The monoisotopic (exact) mass is 496 g/mol. The van der Waals surface area contributed by atoms with Crippen LogP contribution in [0.4, 0.5) is 17.7 Å². The van der Waals surface area contributed by atoms with E-state index in [0.29, 0.717) is 51.8 Å². The van der Waals surface area contributed by atoms with Crippen molar-refractivity contribution in [3.8, 4) is 11.3 Å². The largest absolute Gasteiger partial charge is 0.480 e. The fourth-order valence-corrected chi connectivity index (χ4v) is 5.20. The zero-order valence-electron chi connectivity index (χ0n) is 20.9. The van der Waals surface area contributed by atoms with E-state index in [1.807, 2.05) is 0 Å². The van der Waals surface area contributed by atoms with Crippen LogP contribution in [0.3, 0.4) is 0 Å². The van der Waals surface area contributed by atoms with Crippen molar-refractivity contribution < 1.29 is 19.4 Å². The van der Waals surface area contributed by atoms with Gasteiger partial charge in [-0.2, -0.15) is 4.98 Å². The number of carboxylic acids is 1. The first kappa shape index (κ1) is 24.2. The molecule has 36 heavy (non-hydrogen) atoms. The van der Waals surface area contributed by atoms with E-state index in [4.69, 9.17) is 20.4 Å². The number of nitrogen functional groups attached to an aromatic ring is 1. The molecule has 12 nitrogen and oxygen atoms in total. The van der Waals surface area contributed by atoms with Crippen LogP contribution in [0.15, 0.2) is 12.4 Å². The molecule has 2 aromatic rings. The molecule has 0 radical (unpaired) electrons. The zero-order chi connectivity index (χ0) is 25.7. The number of nitrogens with zero attached hydrogens (tertiary/aromatic N) is 7. The molecule has 3 N–H and O–H groups in total. The Morgan fingerprint density at radius 3 is 2.47 bits per heavy atom. The van der Waals surface area contributed by atoms with Gasteiger partial charge in [-0.1, -0.05) is 0 Å². The molecule has 1 atom stereocenters. The average molecular weight is 497 g/mol. The lowest BCUT2D eigenvalue weighted by atomic mass is 9.92. The Labute approximate surface area is 209 Å². The van der Waals surface area contributed by atoms with Crippen LogP contribution in [0.5, 0.6) is 0 Å². The molecular formula is C24H32N8O4. The van der Waals surface area contributed by atoms with E-state index in [1.54, 1.807) is 17.3 Å². The summed E-state index contributed by atoms with van der Waals surface area (Å²) >= 11 is 0. The van der Waals surface area contributed by atoms with Crippen LogP contribution in [0, 0.1) is 5.41 Å². The minimum atomic E-state index is -1.47. The topological polar surface area (TPSA) is 151 Å². The standard InChI is InChI=1S/C24H32N8O4/c1-23(2,20(34)35)19(33)31-7-5-24(3,14-31)32-6-4-16-17(15-12-26-21(25)27-13-15)28-22(29-18(16)32)30-8-10-36-11-9-30/h12-13H,4-11,14H2,1-3H3,(H,34,35)(H2,25,26,27)/t24-/m0/s1. The van der Waals surface area contributed by atoms with Gasteiger partial charge in [0.25, 0.3) is 0 Å². The summed E-state index contributed by atoms with van der Waals surface area (Å²) in [5.74, 6) is 0.178. The van der Waals surface area contributed by atoms with Crippen LogP contribution in [0.2, 0.25) is 0 Å². The number of ether oxygens (including phenoxy) is 1. The Morgan fingerprint density at radius 2 is 1.81 bits per heavy atom. The van der Waals surface area contributed by atoms with Crippen LogP contribution in [-0.2, 0) is 20.7 Å². The van der Waals surface area contributed by atoms with Gasteiger partial charge in [-0.3, -0.25) is 9.59 Å². The van der Waals surface area contributed by atoms with Crippen LogP contribution < -0.4 is 15.5 Å². The number of hydrogen-bond acceptors (Lipinski definition) is 10. The number of aromatic nitrogens is 4. The van der Waals surface area contributed by atoms with Gasteiger partial charge in [0, 0.05) is 56.2 Å². The molecule has 1 amide bonds. The van der Waals surface area contributed by atoms with Crippen molar-refractivity contribution in [3.63, 3.8) is 0 Å². The van der Waals surface area contributed by atoms with Crippen molar-refractivity contribution in [1.82, 2.24) is 24.8 Å². The number of rotatable bonds is 5. The van der Waals surface area contributed by atoms with Crippen LogP contribution >= 0.6 is 0 Å². The number of carbonyl (C=O) groups excluding carboxylic acids is 1. The molecule has 2 saturated heterocycles. The maximum absolute atomic E-state index is 13.0. The number of morpholine rings is 1. The number of fused-ring (bicyclic) bond motifs is 1. The summed E-state index contributed by atoms with van der Waals surface area (Å²) in [6, 6.07) is 0. The van der Waals surface area contributed by atoms with Gasteiger partial charge in [-0.15, -0.1) is 0 Å². The normalized spacial score (nSPS) is 22.1. The summed E-state index contributed by atoms with van der Waals surface area (Å²) < 4.78 is 5.52. The van der Waals surface area contributed by atoms with Gasteiger partial charge < -0.3 is 30.3 Å². The predicted octanol–water partition coefficient (Wildman–Crippen LogP) is 0.817. The number of carbonyl (C=O) groups is 2. The predicted molar refractivity (Wildman–Crippen MR) is 133 cm³/mol. The molecule has 0 saturated carbocycles. The number of likely N-dealkylation sites (tertiary alicyclic amines) is 1. The second-order valence-electron chi connectivity index (χ2n) is 10.4. The van der Waals surface area contributed by atoms with Crippen molar-refractivity contribution in [2.45, 2.75) is 39.2 Å². The first-order valence-corrected chi connectivity index (χ1v) is 12.2. The Hall–Kier alpha value is -3.54. The lowest BCUT2D eigenvalue weighted by molar-refractivity contribution is -0.157. The van der Waals surface area contributed by atoms with E-state index in [-0.39, 0.29) is 17.4 Å². The molecule has 192 valence electrons. The molecule has 0 aliphatic carbocycles. The van der Waals surface area contributed by atoms with Crippen molar-refractivity contribution in [2.24, 2.45) is 5.41 Å². The van der Waals surface area contributed by atoms with E-state index in [2.05, 4.69) is 26.7 Å². The van der Waals surface area contributed by atoms with Crippen LogP contribution in [0.25, 0.3) is 11.3 Å². The molecule has 3 aliphatic heterocycles. The van der Waals surface area contributed by atoms with Crippen molar-refractivity contribution in [2.75, 3.05) is 61.5 Å². The summed E-state index contributed by atoms with van der Waals surface area (Å²) in [6.45, 7) is 9.30. The summed E-state index contributed by atoms with van der Waals surface area (Å²) in [6.07, 6.45) is 4.82. The molecule has 0 aromatic carbocycles. The number of aliphatic carboxylic acids is 1. The van der Waals surface area contributed by atoms with Crippen molar-refractivity contribution in [1.29, 1.82) is 0 Å². The molecule has 0 unspecified atom stereocenters. The second-order valence-corrected chi connectivity index (χ2v) is 10.4. The SMILES string of the molecule is CC(C)(C(=O)O)C(=O)N1CC[C@](C)(N2CCc3c(-c4cnc(N)nc4)nc(N4CCOCC4)nc32)C1. The summed E-state index contributed by atoms with van der Waals surface area (Å²) in [7, 11) is 0.